The van der Waals surface area contributed by atoms with Crippen LogP contribution in [0.2, 0.25) is 5.02 Å². The molecule has 6 heteroatoms. The standard InChI is InChI=1S/C13H16BrClN2O2/c1-16(2)13(19)8-17(3)12(18)6-9-4-5-10(15)7-11(9)14/h4-5,7H,6,8H2,1-3H3. The fraction of sp³-hybridized carbons (Fsp3) is 0.385. The normalized spacial score (nSPS) is 10.2. The number of benzene rings is 1. The number of nitrogens with zero attached hydrogens (tertiary/aromatic N) is 2. The van der Waals surface area contributed by atoms with Gasteiger partial charge in [0, 0.05) is 30.6 Å². The Hall–Kier alpha value is -1.07. The van der Waals surface area contributed by atoms with Crippen LogP contribution in [0.1, 0.15) is 5.56 Å². The molecule has 2 amide bonds. The van der Waals surface area contributed by atoms with Gasteiger partial charge in [0.15, 0.2) is 0 Å². The Balaban J connectivity index is 2.66. The van der Waals surface area contributed by atoms with Crippen molar-refractivity contribution in [1.29, 1.82) is 0 Å². The molecule has 0 aromatic heterocycles. The molecule has 1 aromatic rings. The molecule has 0 aliphatic carbocycles. The van der Waals surface area contributed by atoms with Crippen LogP contribution in [0.5, 0.6) is 0 Å². The number of rotatable bonds is 4. The molecular formula is C13H16BrClN2O2. The van der Waals surface area contributed by atoms with E-state index in [1.807, 2.05) is 0 Å². The summed E-state index contributed by atoms with van der Waals surface area (Å²) >= 11 is 9.21. The van der Waals surface area contributed by atoms with Crippen LogP contribution < -0.4 is 0 Å². The summed E-state index contributed by atoms with van der Waals surface area (Å²) in [5.41, 5.74) is 0.846. The minimum absolute atomic E-state index is 0.0804. The number of halogens is 2. The lowest BCUT2D eigenvalue weighted by Crippen LogP contribution is -2.38. The van der Waals surface area contributed by atoms with Gasteiger partial charge in [0.2, 0.25) is 11.8 Å². The van der Waals surface area contributed by atoms with Crippen LogP contribution in [-0.2, 0) is 16.0 Å². The van der Waals surface area contributed by atoms with Crippen molar-refractivity contribution in [3.63, 3.8) is 0 Å². The first-order chi connectivity index (χ1) is 8.81. The summed E-state index contributed by atoms with van der Waals surface area (Å²) < 4.78 is 0.792. The van der Waals surface area contributed by atoms with Crippen LogP contribution in [0.25, 0.3) is 0 Å². The highest BCUT2D eigenvalue weighted by molar-refractivity contribution is 9.10. The van der Waals surface area contributed by atoms with Crippen molar-refractivity contribution in [1.82, 2.24) is 9.80 Å². The van der Waals surface area contributed by atoms with Crippen molar-refractivity contribution in [3.8, 4) is 0 Å². The Morgan fingerprint density at radius 2 is 1.84 bits per heavy atom. The fourth-order valence-corrected chi connectivity index (χ4v) is 2.22. The highest BCUT2D eigenvalue weighted by Crippen LogP contribution is 2.22. The van der Waals surface area contributed by atoms with Crippen LogP contribution >= 0.6 is 27.5 Å². The molecule has 1 aromatic carbocycles. The van der Waals surface area contributed by atoms with Crippen molar-refractivity contribution >= 4 is 39.3 Å². The lowest BCUT2D eigenvalue weighted by Gasteiger charge is -2.19. The van der Waals surface area contributed by atoms with E-state index < -0.39 is 0 Å². The molecule has 0 heterocycles. The maximum atomic E-state index is 12.0. The zero-order valence-corrected chi connectivity index (χ0v) is 13.5. The number of carbonyl (C=O) groups is 2. The first-order valence-corrected chi connectivity index (χ1v) is 6.86. The highest BCUT2D eigenvalue weighted by atomic mass is 79.9. The van der Waals surface area contributed by atoms with Gasteiger partial charge in [-0.15, -0.1) is 0 Å². The third kappa shape index (κ3) is 4.84. The summed E-state index contributed by atoms with van der Waals surface area (Å²) in [4.78, 5) is 26.4. The predicted molar refractivity (Wildman–Crippen MR) is 79.2 cm³/mol. The van der Waals surface area contributed by atoms with Gasteiger partial charge in [0.1, 0.15) is 0 Å². The van der Waals surface area contributed by atoms with Gasteiger partial charge in [0.05, 0.1) is 13.0 Å². The van der Waals surface area contributed by atoms with E-state index in [1.165, 1.54) is 9.80 Å². The van der Waals surface area contributed by atoms with E-state index in [0.717, 1.165) is 10.0 Å². The van der Waals surface area contributed by atoms with Crippen LogP contribution in [-0.4, -0.2) is 49.3 Å². The molecule has 19 heavy (non-hydrogen) atoms. The molecule has 1 rings (SSSR count). The lowest BCUT2D eigenvalue weighted by atomic mass is 10.1. The molecule has 0 N–H and O–H groups in total. The Kier molecular flexibility index (Phi) is 5.82. The minimum atomic E-state index is -0.113. The molecule has 4 nitrogen and oxygen atoms in total. The first-order valence-electron chi connectivity index (χ1n) is 5.69. The molecule has 0 saturated heterocycles. The topological polar surface area (TPSA) is 40.6 Å². The average molecular weight is 348 g/mol. The Labute approximate surface area is 126 Å². The molecule has 0 saturated carbocycles. The SMILES string of the molecule is CN(C)C(=O)CN(C)C(=O)Cc1ccc(Cl)cc1Br. The summed E-state index contributed by atoms with van der Waals surface area (Å²) in [6.07, 6.45) is 0.231. The summed E-state index contributed by atoms with van der Waals surface area (Å²) in [5, 5.41) is 0.610. The van der Waals surface area contributed by atoms with Crippen LogP contribution in [0, 0.1) is 0 Å². The first kappa shape index (κ1) is 16.0. The zero-order valence-electron chi connectivity index (χ0n) is 11.1. The van der Waals surface area contributed by atoms with E-state index in [9.17, 15) is 9.59 Å². The van der Waals surface area contributed by atoms with E-state index >= 15 is 0 Å². The molecule has 0 aliphatic heterocycles. The molecule has 0 bridgehead atoms. The van der Waals surface area contributed by atoms with Crippen molar-refractivity contribution in [3.05, 3.63) is 33.3 Å². The van der Waals surface area contributed by atoms with E-state index in [2.05, 4.69) is 15.9 Å². The second-order valence-corrected chi connectivity index (χ2v) is 5.74. The molecular weight excluding hydrogens is 332 g/mol. The molecule has 0 unspecified atom stereocenters. The maximum Gasteiger partial charge on any atom is 0.241 e. The molecule has 0 aliphatic rings. The lowest BCUT2D eigenvalue weighted by molar-refractivity contribution is -0.137. The Morgan fingerprint density at radius 1 is 1.21 bits per heavy atom. The smallest absolute Gasteiger partial charge is 0.241 e. The van der Waals surface area contributed by atoms with Gasteiger partial charge in [-0.25, -0.2) is 0 Å². The third-order valence-corrected chi connectivity index (χ3v) is 3.63. The molecule has 0 radical (unpaired) electrons. The van der Waals surface area contributed by atoms with E-state index in [-0.39, 0.29) is 24.8 Å². The quantitative estimate of drug-likeness (QED) is 0.838. The number of hydrogen-bond acceptors (Lipinski definition) is 2. The van der Waals surface area contributed by atoms with Gasteiger partial charge in [-0.1, -0.05) is 33.6 Å². The molecule has 0 spiro atoms. The minimum Gasteiger partial charge on any atom is -0.347 e. The Bertz CT molecular complexity index is 492. The third-order valence-electron chi connectivity index (χ3n) is 2.65. The highest BCUT2D eigenvalue weighted by Gasteiger charge is 2.15. The van der Waals surface area contributed by atoms with Gasteiger partial charge >= 0.3 is 0 Å². The predicted octanol–water partition coefficient (Wildman–Crippen LogP) is 2.19. The van der Waals surface area contributed by atoms with Crippen molar-refractivity contribution in [2.24, 2.45) is 0 Å². The summed E-state index contributed by atoms with van der Waals surface area (Å²) in [6.45, 7) is 0.0804. The van der Waals surface area contributed by atoms with Crippen LogP contribution in [0.4, 0.5) is 0 Å². The molecule has 0 atom stereocenters. The van der Waals surface area contributed by atoms with E-state index in [4.69, 9.17) is 11.6 Å². The van der Waals surface area contributed by atoms with Crippen LogP contribution in [0.15, 0.2) is 22.7 Å². The summed E-state index contributed by atoms with van der Waals surface area (Å²) in [6, 6.07) is 5.28. The van der Waals surface area contributed by atoms with Crippen molar-refractivity contribution in [2.75, 3.05) is 27.7 Å². The van der Waals surface area contributed by atoms with Gasteiger partial charge in [0.25, 0.3) is 0 Å². The number of amides is 2. The molecule has 104 valence electrons. The monoisotopic (exact) mass is 346 g/mol. The van der Waals surface area contributed by atoms with Crippen molar-refractivity contribution in [2.45, 2.75) is 6.42 Å². The number of hydrogen-bond donors (Lipinski definition) is 0. The summed E-state index contributed by atoms with van der Waals surface area (Å²) in [7, 11) is 4.94. The zero-order chi connectivity index (χ0) is 14.6. The van der Waals surface area contributed by atoms with E-state index in [1.54, 1.807) is 39.3 Å². The van der Waals surface area contributed by atoms with Gasteiger partial charge in [-0.05, 0) is 17.7 Å². The number of likely N-dealkylation sites (N-methyl/N-ethyl adjacent to an activating group) is 2. The molecule has 0 fully saturated rings. The van der Waals surface area contributed by atoms with Crippen molar-refractivity contribution < 1.29 is 9.59 Å². The second-order valence-electron chi connectivity index (χ2n) is 4.45. The maximum absolute atomic E-state index is 12.0. The van der Waals surface area contributed by atoms with Gasteiger partial charge in [-0.2, -0.15) is 0 Å². The largest absolute Gasteiger partial charge is 0.347 e. The fourth-order valence-electron chi connectivity index (χ4n) is 1.40. The van der Waals surface area contributed by atoms with Crippen LogP contribution in [0.3, 0.4) is 0 Å². The van der Waals surface area contributed by atoms with Gasteiger partial charge < -0.3 is 9.80 Å². The summed E-state index contributed by atoms with van der Waals surface area (Å²) in [5.74, 6) is -0.218. The second kappa shape index (κ2) is 6.91. The Morgan fingerprint density at radius 3 is 2.37 bits per heavy atom. The van der Waals surface area contributed by atoms with E-state index in [0.29, 0.717) is 5.02 Å². The number of carbonyl (C=O) groups excluding carboxylic acids is 2. The average Bonchev–Trinajstić information content (AvgIpc) is 2.32. The van der Waals surface area contributed by atoms with Gasteiger partial charge in [-0.3, -0.25) is 9.59 Å².